The molecule has 0 radical (unpaired) electrons. The van der Waals surface area contributed by atoms with E-state index in [1.165, 1.54) is 0 Å². The molecule has 0 aliphatic carbocycles. The van der Waals surface area contributed by atoms with Crippen molar-refractivity contribution in [3.05, 3.63) is 18.5 Å². The summed E-state index contributed by atoms with van der Waals surface area (Å²) in [4.78, 5) is 26.3. The Morgan fingerprint density at radius 3 is 2.91 bits per heavy atom. The van der Waals surface area contributed by atoms with Crippen LogP contribution in [0.25, 0.3) is 0 Å². The van der Waals surface area contributed by atoms with Gasteiger partial charge in [-0.15, -0.1) is 0 Å². The Bertz CT molecular complexity index is 498. The number of nitrogens with one attached hydrogen (secondary N) is 1. The third-order valence-corrected chi connectivity index (χ3v) is 4.16. The van der Waals surface area contributed by atoms with Crippen molar-refractivity contribution < 1.29 is 9.59 Å². The van der Waals surface area contributed by atoms with Crippen LogP contribution in [-0.2, 0) is 16.1 Å². The third kappa shape index (κ3) is 4.08. The van der Waals surface area contributed by atoms with E-state index in [0.29, 0.717) is 31.8 Å². The number of piperidine rings is 1. The Labute approximate surface area is 131 Å². The zero-order valence-electron chi connectivity index (χ0n) is 13.7. The lowest BCUT2D eigenvalue weighted by Gasteiger charge is -2.39. The van der Waals surface area contributed by atoms with E-state index in [2.05, 4.69) is 24.3 Å². The molecule has 0 saturated carbocycles. The van der Waals surface area contributed by atoms with E-state index in [1.54, 1.807) is 10.9 Å². The van der Waals surface area contributed by atoms with E-state index in [1.807, 2.05) is 24.1 Å². The number of likely N-dealkylation sites (tertiary alicyclic amines) is 1. The highest BCUT2D eigenvalue weighted by molar-refractivity contribution is 5.84. The molecule has 1 saturated heterocycles. The number of nitrogens with zero attached hydrogens (tertiary/aromatic N) is 3. The maximum atomic E-state index is 12.4. The number of rotatable bonds is 6. The van der Waals surface area contributed by atoms with Crippen LogP contribution in [0.5, 0.6) is 0 Å². The van der Waals surface area contributed by atoms with Gasteiger partial charge in [-0.2, -0.15) is 5.10 Å². The molecular formula is C16H26N4O2. The lowest BCUT2D eigenvalue weighted by Crippen LogP contribution is -2.53. The smallest absolute Gasteiger partial charge is 0.225 e. The number of hydrogen-bond acceptors (Lipinski definition) is 3. The highest BCUT2D eigenvalue weighted by atomic mass is 16.2. The summed E-state index contributed by atoms with van der Waals surface area (Å²) in [6.07, 6.45) is 4.70. The van der Waals surface area contributed by atoms with Gasteiger partial charge in [0, 0.05) is 37.9 Å². The van der Waals surface area contributed by atoms with Crippen LogP contribution in [0, 0.1) is 11.8 Å². The zero-order chi connectivity index (χ0) is 16.1. The summed E-state index contributed by atoms with van der Waals surface area (Å²) in [6.45, 7) is 8.10. The second-order valence-corrected chi connectivity index (χ2v) is 6.39. The fourth-order valence-corrected chi connectivity index (χ4v) is 2.98. The van der Waals surface area contributed by atoms with Gasteiger partial charge in [0.1, 0.15) is 0 Å². The van der Waals surface area contributed by atoms with Crippen molar-refractivity contribution in [1.82, 2.24) is 20.0 Å². The number of hydrogen-bond donors (Lipinski definition) is 1. The van der Waals surface area contributed by atoms with Crippen LogP contribution in [-0.4, -0.2) is 45.6 Å². The minimum atomic E-state index is -0.117. The van der Waals surface area contributed by atoms with Gasteiger partial charge >= 0.3 is 0 Å². The number of carbonyl (C=O) groups is 2. The quantitative estimate of drug-likeness (QED) is 0.861. The molecule has 0 spiro atoms. The number of aromatic nitrogens is 2. The normalized spacial score (nSPS) is 22.2. The first kappa shape index (κ1) is 16.5. The Morgan fingerprint density at radius 1 is 1.50 bits per heavy atom. The molecule has 2 rings (SSSR count). The third-order valence-electron chi connectivity index (χ3n) is 4.16. The first-order valence-electron chi connectivity index (χ1n) is 8.03. The minimum absolute atomic E-state index is 0.0339. The highest BCUT2D eigenvalue weighted by Crippen LogP contribution is 2.25. The topological polar surface area (TPSA) is 67.2 Å². The number of carbonyl (C=O) groups excluding carboxylic acids is 2. The minimum Gasteiger partial charge on any atom is -0.354 e. The molecule has 2 heterocycles. The van der Waals surface area contributed by atoms with Gasteiger partial charge in [-0.05, 0) is 25.3 Å². The molecule has 1 N–H and O–H groups in total. The summed E-state index contributed by atoms with van der Waals surface area (Å²) in [6, 6.07) is 1.83. The second-order valence-electron chi connectivity index (χ2n) is 6.39. The van der Waals surface area contributed by atoms with Crippen LogP contribution in [0.2, 0.25) is 0 Å². The van der Waals surface area contributed by atoms with Crippen molar-refractivity contribution in [1.29, 1.82) is 0 Å². The zero-order valence-corrected chi connectivity index (χ0v) is 13.7. The molecule has 1 aromatic heterocycles. The van der Waals surface area contributed by atoms with Gasteiger partial charge in [0.25, 0.3) is 0 Å². The molecule has 1 aliphatic heterocycles. The highest BCUT2D eigenvalue weighted by Gasteiger charge is 2.36. The van der Waals surface area contributed by atoms with Crippen molar-refractivity contribution in [3.63, 3.8) is 0 Å². The molecule has 2 amide bonds. The first-order valence-corrected chi connectivity index (χ1v) is 8.03. The molecular weight excluding hydrogens is 280 g/mol. The standard InChI is InChI=1S/C16H26N4O2/c1-12(2)11-20-13(3)14(5-6-15(20)21)16(22)17-8-10-19-9-4-7-18-19/h4,7,9,12-14H,5-6,8,10-11H2,1-3H3,(H,17,22)/t13-,14-/m1/s1. The summed E-state index contributed by atoms with van der Waals surface area (Å²) in [5.41, 5.74) is 0. The molecule has 6 heteroatoms. The van der Waals surface area contributed by atoms with E-state index in [4.69, 9.17) is 0 Å². The first-order chi connectivity index (χ1) is 10.5. The Morgan fingerprint density at radius 2 is 2.27 bits per heavy atom. The van der Waals surface area contributed by atoms with Crippen molar-refractivity contribution >= 4 is 11.8 Å². The summed E-state index contributed by atoms with van der Waals surface area (Å²) < 4.78 is 1.79. The molecule has 122 valence electrons. The predicted molar refractivity (Wildman–Crippen MR) is 84.0 cm³/mol. The van der Waals surface area contributed by atoms with E-state index >= 15 is 0 Å². The van der Waals surface area contributed by atoms with Crippen LogP contribution in [0.4, 0.5) is 0 Å². The van der Waals surface area contributed by atoms with Crippen molar-refractivity contribution in [2.24, 2.45) is 11.8 Å². The summed E-state index contributed by atoms with van der Waals surface area (Å²) in [5.74, 6) is 0.504. The van der Waals surface area contributed by atoms with Crippen LogP contribution in [0.3, 0.4) is 0 Å². The molecule has 0 aromatic carbocycles. The molecule has 22 heavy (non-hydrogen) atoms. The van der Waals surface area contributed by atoms with Crippen LogP contribution >= 0.6 is 0 Å². The van der Waals surface area contributed by atoms with Gasteiger partial charge < -0.3 is 10.2 Å². The van der Waals surface area contributed by atoms with Crippen LogP contribution in [0.15, 0.2) is 18.5 Å². The van der Waals surface area contributed by atoms with Gasteiger partial charge in [-0.1, -0.05) is 13.8 Å². The Kier molecular flexibility index (Phi) is 5.57. The summed E-state index contributed by atoms with van der Waals surface area (Å²) in [5, 5.41) is 7.08. The molecule has 0 bridgehead atoms. The largest absolute Gasteiger partial charge is 0.354 e. The van der Waals surface area contributed by atoms with E-state index in [0.717, 1.165) is 6.54 Å². The maximum absolute atomic E-state index is 12.4. The molecule has 1 aromatic rings. The summed E-state index contributed by atoms with van der Waals surface area (Å²) >= 11 is 0. The fraction of sp³-hybridized carbons (Fsp3) is 0.688. The molecule has 0 unspecified atom stereocenters. The van der Waals surface area contributed by atoms with E-state index in [-0.39, 0.29) is 23.8 Å². The van der Waals surface area contributed by atoms with Crippen molar-refractivity contribution in [2.75, 3.05) is 13.1 Å². The van der Waals surface area contributed by atoms with Crippen LogP contribution in [0.1, 0.15) is 33.6 Å². The Hall–Kier alpha value is -1.85. The van der Waals surface area contributed by atoms with Gasteiger partial charge in [-0.3, -0.25) is 14.3 Å². The van der Waals surface area contributed by atoms with Gasteiger partial charge in [0.05, 0.1) is 12.5 Å². The van der Waals surface area contributed by atoms with E-state index in [9.17, 15) is 9.59 Å². The lowest BCUT2D eigenvalue weighted by molar-refractivity contribution is -0.143. The Balaban J connectivity index is 1.87. The average Bonchev–Trinajstić information content (AvgIpc) is 2.96. The fourth-order valence-electron chi connectivity index (χ4n) is 2.98. The predicted octanol–water partition coefficient (Wildman–Crippen LogP) is 1.28. The maximum Gasteiger partial charge on any atom is 0.225 e. The summed E-state index contributed by atoms with van der Waals surface area (Å²) in [7, 11) is 0. The molecule has 1 aliphatic rings. The average molecular weight is 306 g/mol. The lowest BCUT2D eigenvalue weighted by atomic mass is 9.88. The molecule has 1 fully saturated rings. The van der Waals surface area contributed by atoms with Crippen molar-refractivity contribution in [3.8, 4) is 0 Å². The second kappa shape index (κ2) is 7.42. The van der Waals surface area contributed by atoms with Crippen molar-refractivity contribution in [2.45, 2.75) is 46.2 Å². The molecule has 6 nitrogen and oxygen atoms in total. The van der Waals surface area contributed by atoms with E-state index < -0.39 is 0 Å². The SMILES string of the molecule is CC(C)CN1C(=O)CC[C@@H](C(=O)NCCn2cccn2)[C@H]1C. The monoisotopic (exact) mass is 306 g/mol. The van der Waals surface area contributed by atoms with Crippen LogP contribution < -0.4 is 5.32 Å². The molecule has 2 atom stereocenters. The van der Waals surface area contributed by atoms with Gasteiger partial charge in [-0.25, -0.2) is 0 Å². The van der Waals surface area contributed by atoms with Gasteiger partial charge in [0.2, 0.25) is 11.8 Å². The van der Waals surface area contributed by atoms with Gasteiger partial charge in [0.15, 0.2) is 0 Å². The number of amides is 2.